The lowest BCUT2D eigenvalue weighted by Crippen LogP contribution is -2.29. The number of aryl methyl sites for hydroxylation is 1. The van der Waals surface area contributed by atoms with Crippen LogP contribution in [0.25, 0.3) is 10.2 Å². The number of rotatable bonds is 3. The number of halogens is 1. The molecule has 6 nitrogen and oxygen atoms in total. The van der Waals surface area contributed by atoms with Crippen molar-refractivity contribution in [1.82, 2.24) is 19.9 Å². The quantitative estimate of drug-likeness (QED) is 0.755. The maximum atomic E-state index is 6.32. The average molecular weight is 361 g/mol. The number of pyridine rings is 1. The lowest BCUT2D eigenvalue weighted by Gasteiger charge is -2.25. The SMILES string of the molecule is Cc1cc(Nc2ncc(Cl)c3nc(N4CCCCC4)sc23)ncn1. The molecule has 1 saturated heterocycles. The zero-order valence-corrected chi connectivity index (χ0v) is 14.9. The van der Waals surface area contributed by atoms with Crippen molar-refractivity contribution in [2.24, 2.45) is 0 Å². The number of nitrogens with zero attached hydrogens (tertiary/aromatic N) is 5. The molecular weight excluding hydrogens is 344 g/mol. The van der Waals surface area contributed by atoms with Gasteiger partial charge in [-0.05, 0) is 26.2 Å². The minimum atomic E-state index is 0.578. The third kappa shape index (κ3) is 3.01. The minimum Gasteiger partial charge on any atom is -0.348 e. The third-order valence-electron chi connectivity index (χ3n) is 4.04. The summed E-state index contributed by atoms with van der Waals surface area (Å²) < 4.78 is 0.958. The second kappa shape index (κ2) is 6.49. The highest BCUT2D eigenvalue weighted by atomic mass is 35.5. The van der Waals surface area contributed by atoms with E-state index in [1.54, 1.807) is 17.5 Å². The highest BCUT2D eigenvalue weighted by Crippen LogP contribution is 2.38. The summed E-state index contributed by atoms with van der Waals surface area (Å²) in [6.07, 6.45) is 6.90. The van der Waals surface area contributed by atoms with Crippen LogP contribution in [0.3, 0.4) is 0 Å². The lowest BCUT2D eigenvalue weighted by atomic mass is 10.1. The van der Waals surface area contributed by atoms with Crippen molar-refractivity contribution in [3.05, 3.63) is 29.3 Å². The number of hydrogen-bond donors (Lipinski definition) is 1. The summed E-state index contributed by atoms with van der Waals surface area (Å²) >= 11 is 7.95. The smallest absolute Gasteiger partial charge is 0.186 e. The van der Waals surface area contributed by atoms with Gasteiger partial charge in [-0.3, -0.25) is 0 Å². The third-order valence-corrected chi connectivity index (χ3v) is 5.44. The van der Waals surface area contributed by atoms with Gasteiger partial charge in [0.25, 0.3) is 0 Å². The molecular formula is C16H17ClN6S. The number of nitrogens with one attached hydrogen (secondary N) is 1. The van der Waals surface area contributed by atoms with E-state index >= 15 is 0 Å². The van der Waals surface area contributed by atoms with E-state index in [-0.39, 0.29) is 0 Å². The predicted octanol–water partition coefficient (Wildman–Crippen LogP) is 4.18. The van der Waals surface area contributed by atoms with E-state index in [2.05, 4.69) is 25.2 Å². The van der Waals surface area contributed by atoms with Gasteiger partial charge in [-0.2, -0.15) is 0 Å². The van der Waals surface area contributed by atoms with Crippen molar-refractivity contribution >= 4 is 49.9 Å². The number of anilines is 3. The van der Waals surface area contributed by atoms with Crippen LogP contribution in [0.1, 0.15) is 25.0 Å². The fraction of sp³-hybridized carbons (Fsp3) is 0.375. The monoisotopic (exact) mass is 360 g/mol. The van der Waals surface area contributed by atoms with Crippen LogP contribution in [0.5, 0.6) is 0 Å². The highest BCUT2D eigenvalue weighted by Gasteiger charge is 2.19. The Morgan fingerprint density at radius 1 is 1.17 bits per heavy atom. The second-order valence-corrected chi connectivity index (χ2v) is 7.23. The Kier molecular flexibility index (Phi) is 4.20. The van der Waals surface area contributed by atoms with Crippen LogP contribution in [-0.4, -0.2) is 33.0 Å². The van der Waals surface area contributed by atoms with Gasteiger partial charge in [0.2, 0.25) is 0 Å². The summed E-state index contributed by atoms with van der Waals surface area (Å²) in [5.74, 6) is 1.44. The van der Waals surface area contributed by atoms with Crippen molar-refractivity contribution in [2.45, 2.75) is 26.2 Å². The molecule has 0 aliphatic carbocycles. The Morgan fingerprint density at radius 3 is 2.79 bits per heavy atom. The van der Waals surface area contributed by atoms with Gasteiger partial charge in [-0.25, -0.2) is 19.9 Å². The molecule has 0 atom stereocenters. The molecule has 1 fully saturated rings. The van der Waals surface area contributed by atoms with Crippen LogP contribution in [0.2, 0.25) is 5.02 Å². The normalized spacial score (nSPS) is 15.0. The first-order valence-electron chi connectivity index (χ1n) is 7.96. The fourth-order valence-electron chi connectivity index (χ4n) is 2.83. The molecule has 0 bridgehead atoms. The van der Waals surface area contributed by atoms with Gasteiger partial charge >= 0.3 is 0 Å². The molecule has 4 heterocycles. The maximum absolute atomic E-state index is 6.32. The molecule has 8 heteroatoms. The van der Waals surface area contributed by atoms with Crippen LogP contribution in [0.4, 0.5) is 16.8 Å². The minimum absolute atomic E-state index is 0.578. The molecule has 1 N–H and O–H groups in total. The summed E-state index contributed by atoms with van der Waals surface area (Å²) in [5.41, 5.74) is 1.70. The maximum Gasteiger partial charge on any atom is 0.186 e. The fourth-order valence-corrected chi connectivity index (χ4v) is 4.15. The molecule has 3 aromatic heterocycles. The first-order valence-corrected chi connectivity index (χ1v) is 9.16. The number of hydrogen-bond acceptors (Lipinski definition) is 7. The number of aromatic nitrogens is 4. The standard InChI is InChI=1S/C16H17ClN6S/c1-10-7-12(20-9-19-10)21-15-14-13(11(17)8-18-15)22-16(24-14)23-5-3-2-4-6-23/h7-9H,2-6H2,1H3,(H,18,19,20,21). The Balaban J connectivity index is 1.73. The summed E-state index contributed by atoms with van der Waals surface area (Å²) in [6.45, 7) is 4.04. The first-order chi connectivity index (χ1) is 11.7. The number of fused-ring (bicyclic) bond motifs is 1. The van der Waals surface area contributed by atoms with Crippen molar-refractivity contribution < 1.29 is 0 Å². The zero-order chi connectivity index (χ0) is 16.5. The Morgan fingerprint density at radius 2 is 2.00 bits per heavy atom. The van der Waals surface area contributed by atoms with E-state index in [0.717, 1.165) is 39.9 Å². The van der Waals surface area contributed by atoms with E-state index in [1.807, 2.05) is 13.0 Å². The summed E-state index contributed by atoms with van der Waals surface area (Å²) in [4.78, 5) is 19.9. The van der Waals surface area contributed by atoms with Gasteiger partial charge in [0.15, 0.2) is 10.9 Å². The van der Waals surface area contributed by atoms with E-state index in [9.17, 15) is 0 Å². The lowest BCUT2D eigenvalue weighted by molar-refractivity contribution is 0.577. The predicted molar refractivity (Wildman–Crippen MR) is 98.5 cm³/mol. The van der Waals surface area contributed by atoms with Crippen LogP contribution in [0.15, 0.2) is 18.6 Å². The second-order valence-electron chi connectivity index (χ2n) is 5.85. The molecule has 0 saturated carbocycles. The van der Waals surface area contributed by atoms with E-state index in [0.29, 0.717) is 10.8 Å². The molecule has 24 heavy (non-hydrogen) atoms. The summed E-state index contributed by atoms with van der Waals surface area (Å²) in [6, 6.07) is 1.88. The zero-order valence-electron chi connectivity index (χ0n) is 13.3. The molecule has 0 aromatic carbocycles. The van der Waals surface area contributed by atoms with Crippen LogP contribution < -0.4 is 10.2 Å². The molecule has 124 valence electrons. The van der Waals surface area contributed by atoms with Crippen LogP contribution in [-0.2, 0) is 0 Å². The Hall–Kier alpha value is -1.99. The topological polar surface area (TPSA) is 66.8 Å². The molecule has 0 unspecified atom stereocenters. The highest BCUT2D eigenvalue weighted by molar-refractivity contribution is 7.22. The van der Waals surface area contributed by atoms with E-state index < -0.39 is 0 Å². The van der Waals surface area contributed by atoms with Crippen LogP contribution >= 0.6 is 22.9 Å². The first kappa shape index (κ1) is 15.5. The van der Waals surface area contributed by atoms with Gasteiger partial charge < -0.3 is 10.2 Å². The molecule has 1 aliphatic heterocycles. The number of piperidine rings is 1. The van der Waals surface area contributed by atoms with Crippen molar-refractivity contribution in [3.63, 3.8) is 0 Å². The van der Waals surface area contributed by atoms with Crippen molar-refractivity contribution in [1.29, 1.82) is 0 Å². The molecule has 0 radical (unpaired) electrons. The van der Waals surface area contributed by atoms with Gasteiger partial charge in [-0.1, -0.05) is 22.9 Å². The molecule has 0 amide bonds. The van der Waals surface area contributed by atoms with Gasteiger partial charge in [0.1, 0.15) is 22.4 Å². The summed E-state index contributed by atoms with van der Waals surface area (Å²) in [5, 5.41) is 4.86. The molecule has 3 aromatic rings. The van der Waals surface area contributed by atoms with Gasteiger partial charge in [0.05, 0.1) is 11.2 Å². The Labute approximate surface area is 148 Å². The van der Waals surface area contributed by atoms with Gasteiger partial charge in [0, 0.05) is 24.8 Å². The molecule has 4 rings (SSSR count). The molecule has 0 spiro atoms. The van der Waals surface area contributed by atoms with Crippen molar-refractivity contribution in [3.8, 4) is 0 Å². The Bertz CT molecular complexity index is 874. The number of thiazole rings is 1. The summed E-state index contributed by atoms with van der Waals surface area (Å²) in [7, 11) is 0. The average Bonchev–Trinajstić information content (AvgIpc) is 3.05. The van der Waals surface area contributed by atoms with E-state index in [4.69, 9.17) is 16.6 Å². The van der Waals surface area contributed by atoms with Crippen LogP contribution in [0, 0.1) is 6.92 Å². The largest absolute Gasteiger partial charge is 0.348 e. The van der Waals surface area contributed by atoms with Gasteiger partial charge in [-0.15, -0.1) is 0 Å². The van der Waals surface area contributed by atoms with Crippen molar-refractivity contribution in [2.75, 3.05) is 23.3 Å². The van der Waals surface area contributed by atoms with E-state index in [1.165, 1.54) is 25.6 Å². The molecule has 1 aliphatic rings.